The van der Waals surface area contributed by atoms with Gasteiger partial charge in [0, 0.05) is 12.6 Å². The van der Waals surface area contributed by atoms with Crippen molar-refractivity contribution in [3.8, 4) is 11.5 Å². The summed E-state index contributed by atoms with van der Waals surface area (Å²) < 4.78 is 51.9. The number of ether oxygens (including phenoxy) is 2. The maximum atomic E-state index is 13.7. The van der Waals surface area contributed by atoms with Crippen LogP contribution in [0.4, 0.5) is 13.2 Å². The van der Waals surface area contributed by atoms with Crippen molar-refractivity contribution >= 4 is 5.91 Å². The molecule has 1 amide bonds. The largest absolute Gasteiger partial charge is 0.493 e. The lowest BCUT2D eigenvalue weighted by Crippen LogP contribution is -2.49. The number of hydrogen-bond donors (Lipinski definition) is 1. The average Bonchev–Trinajstić information content (AvgIpc) is 2.93. The van der Waals surface area contributed by atoms with Crippen LogP contribution in [-0.2, 0) is 29.4 Å². The number of rotatable bonds is 9. The Morgan fingerprint density at radius 2 is 1.50 bits per heavy atom. The van der Waals surface area contributed by atoms with E-state index in [0.29, 0.717) is 22.8 Å². The molecule has 196 valence electrons. The Balaban J connectivity index is 1.82. The van der Waals surface area contributed by atoms with Crippen LogP contribution in [0.2, 0.25) is 0 Å². The Bertz CT molecular complexity index is 1380. The fraction of sp³-hybridized carbons (Fsp3) is 0.200. The first-order valence-electron chi connectivity index (χ1n) is 11.9. The Morgan fingerprint density at radius 3 is 2.16 bits per heavy atom. The average molecular weight is 521 g/mol. The van der Waals surface area contributed by atoms with Gasteiger partial charge < -0.3 is 14.8 Å². The molecule has 1 unspecified atom stereocenters. The van der Waals surface area contributed by atoms with E-state index in [1.54, 1.807) is 48.7 Å². The molecule has 0 radical (unpaired) electrons. The number of pyridine rings is 1. The van der Waals surface area contributed by atoms with Crippen molar-refractivity contribution in [1.29, 1.82) is 0 Å². The highest BCUT2D eigenvalue weighted by molar-refractivity contribution is 5.80. The van der Waals surface area contributed by atoms with Crippen LogP contribution >= 0.6 is 0 Å². The van der Waals surface area contributed by atoms with E-state index in [2.05, 4.69) is 10.3 Å². The van der Waals surface area contributed by atoms with E-state index < -0.39 is 23.2 Å². The van der Waals surface area contributed by atoms with Crippen molar-refractivity contribution in [3.63, 3.8) is 0 Å². The number of alkyl halides is 3. The molecule has 0 saturated heterocycles. The van der Waals surface area contributed by atoms with Crippen LogP contribution in [-0.4, -0.2) is 25.1 Å². The molecule has 4 rings (SSSR count). The van der Waals surface area contributed by atoms with Crippen LogP contribution in [0.5, 0.6) is 11.5 Å². The molecule has 1 heterocycles. The number of nitrogens with one attached hydrogen (secondary N) is 1. The molecule has 1 N–H and O–H groups in total. The number of hydrogen-bond acceptors (Lipinski definition) is 4. The highest BCUT2D eigenvalue weighted by atomic mass is 19.4. The van der Waals surface area contributed by atoms with Crippen LogP contribution in [0.3, 0.4) is 0 Å². The van der Waals surface area contributed by atoms with Gasteiger partial charge in [-0.25, -0.2) is 0 Å². The second kappa shape index (κ2) is 11.4. The van der Waals surface area contributed by atoms with E-state index in [9.17, 15) is 18.0 Å². The number of carbonyl (C=O) groups is 1. The summed E-state index contributed by atoms with van der Waals surface area (Å²) in [5, 5.41) is 3.06. The SMILES string of the molecule is COc1ccc(CC(=O)NC(Cc2ccccc2)(c2cccc(C(F)(F)F)c2)c2ccccn2)cc1OC. The minimum absolute atomic E-state index is 0.0390. The molecule has 8 heteroatoms. The zero-order valence-corrected chi connectivity index (χ0v) is 21.0. The van der Waals surface area contributed by atoms with E-state index in [1.165, 1.54) is 20.3 Å². The zero-order chi connectivity index (χ0) is 27.2. The second-order valence-corrected chi connectivity index (χ2v) is 8.78. The molecule has 0 saturated carbocycles. The molecule has 0 bridgehead atoms. The Labute approximate surface area is 219 Å². The highest BCUT2D eigenvalue weighted by Crippen LogP contribution is 2.37. The molecule has 5 nitrogen and oxygen atoms in total. The number of aromatic nitrogens is 1. The van der Waals surface area contributed by atoms with Gasteiger partial charge in [-0.2, -0.15) is 13.2 Å². The molecule has 0 aliphatic rings. The molecule has 0 fully saturated rings. The van der Waals surface area contributed by atoms with E-state index in [4.69, 9.17) is 9.47 Å². The van der Waals surface area contributed by atoms with Crippen molar-refractivity contribution < 1.29 is 27.4 Å². The third-order valence-electron chi connectivity index (χ3n) is 6.26. The molecule has 0 spiro atoms. The summed E-state index contributed by atoms with van der Waals surface area (Å²) in [4.78, 5) is 18.1. The second-order valence-electron chi connectivity index (χ2n) is 8.78. The monoisotopic (exact) mass is 520 g/mol. The predicted molar refractivity (Wildman–Crippen MR) is 138 cm³/mol. The number of methoxy groups -OCH3 is 2. The summed E-state index contributed by atoms with van der Waals surface area (Å²) >= 11 is 0. The van der Waals surface area contributed by atoms with Gasteiger partial charge in [-0.15, -0.1) is 0 Å². The van der Waals surface area contributed by atoms with Crippen molar-refractivity contribution in [2.45, 2.75) is 24.6 Å². The van der Waals surface area contributed by atoms with E-state index >= 15 is 0 Å². The Morgan fingerprint density at radius 1 is 0.789 bits per heavy atom. The summed E-state index contributed by atoms with van der Waals surface area (Å²) in [5.74, 6) is 0.597. The van der Waals surface area contributed by atoms with Crippen LogP contribution in [0, 0.1) is 0 Å². The molecule has 3 aromatic carbocycles. The lowest BCUT2D eigenvalue weighted by Gasteiger charge is -2.36. The minimum atomic E-state index is -4.55. The Kier molecular flexibility index (Phi) is 8.00. The normalized spacial score (nSPS) is 12.9. The summed E-state index contributed by atoms with van der Waals surface area (Å²) in [6.45, 7) is 0. The van der Waals surface area contributed by atoms with Crippen molar-refractivity contribution in [2.75, 3.05) is 14.2 Å². The molecule has 4 aromatic rings. The zero-order valence-electron chi connectivity index (χ0n) is 21.0. The molecule has 0 aliphatic heterocycles. The fourth-order valence-electron chi connectivity index (χ4n) is 4.46. The van der Waals surface area contributed by atoms with Gasteiger partial charge in [0.15, 0.2) is 11.5 Å². The standard InChI is InChI=1S/C30H27F3N2O3/c1-37-25-15-14-22(17-26(25)38-2)18-28(36)35-29(27-13-6-7-16-34-27,20-21-9-4-3-5-10-21)23-11-8-12-24(19-23)30(31,32)33/h3-17,19H,18,20H2,1-2H3,(H,35,36). The van der Waals surface area contributed by atoms with Gasteiger partial charge in [-0.1, -0.05) is 54.6 Å². The maximum Gasteiger partial charge on any atom is 0.416 e. The summed E-state index contributed by atoms with van der Waals surface area (Å²) in [5.41, 5.74) is -0.0185. The van der Waals surface area contributed by atoms with Gasteiger partial charge in [0.05, 0.1) is 31.9 Å². The van der Waals surface area contributed by atoms with Crippen LogP contribution in [0.15, 0.2) is 97.2 Å². The quantitative estimate of drug-likeness (QED) is 0.296. The van der Waals surface area contributed by atoms with Crippen LogP contribution in [0.25, 0.3) is 0 Å². The lowest BCUT2D eigenvalue weighted by atomic mass is 9.79. The summed E-state index contributed by atoms with van der Waals surface area (Å²) in [6, 6.07) is 24.6. The minimum Gasteiger partial charge on any atom is -0.493 e. The summed E-state index contributed by atoms with van der Waals surface area (Å²) in [6.07, 6.45) is -2.85. The van der Waals surface area contributed by atoms with E-state index in [-0.39, 0.29) is 18.4 Å². The third-order valence-corrected chi connectivity index (χ3v) is 6.26. The van der Waals surface area contributed by atoms with Crippen molar-refractivity contribution in [3.05, 3.63) is 125 Å². The van der Waals surface area contributed by atoms with Gasteiger partial charge in [0.25, 0.3) is 0 Å². The van der Waals surface area contributed by atoms with Gasteiger partial charge in [0.2, 0.25) is 5.91 Å². The van der Waals surface area contributed by atoms with Gasteiger partial charge >= 0.3 is 6.18 Å². The predicted octanol–water partition coefficient (Wildman–Crippen LogP) is 5.96. The van der Waals surface area contributed by atoms with E-state index in [1.807, 2.05) is 30.3 Å². The molecular weight excluding hydrogens is 493 g/mol. The maximum absolute atomic E-state index is 13.7. The number of benzene rings is 3. The van der Waals surface area contributed by atoms with Crippen molar-refractivity contribution in [2.24, 2.45) is 0 Å². The van der Waals surface area contributed by atoms with Crippen LogP contribution in [0.1, 0.15) is 27.9 Å². The fourth-order valence-corrected chi connectivity index (χ4v) is 4.46. The molecule has 1 atom stereocenters. The molecular formula is C30H27F3N2O3. The summed E-state index contributed by atoms with van der Waals surface area (Å²) in [7, 11) is 3.02. The topological polar surface area (TPSA) is 60.5 Å². The number of nitrogens with zero attached hydrogens (tertiary/aromatic N) is 1. The van der Waals surface area contributed by atoms with Gasteiger partial charge in [0.1, 0.15) is 5.54 Å². The van der Waals surface area contributed by atoms with Crippen molar-refractivity contribution in [1.82, 2.24) is 10.3 Å². The smallest absolute Gasteiger partial charge is 0.416 e. The molecule has 0 aliphatic carbocycles. The first-order valence-corrected chi connectivity index (χ1v) is 11.9. The Hall–Kier alpha value is -4.33. The first-order chi connectivity index (χ1) is 18.2. The van der Waals surface area contributed by atoms with E-state index in [0.717, 1.165) is 17.7 Å². The number of halogens is 3. The van der Waals surface area contributed by atoms with Gasteiger partial charge in [-0.05, 0) is 53.1 Å². The lowest BCUT2D eigenvalue weighted by molar-refractivity contribution is -0.137. The number of carbonyl (C=O) groups excluding carboxylic acids is 1. The molecule has 1 aromatic heterocycles. The first kappa shape index (κ1) is 26.7. The van der Waals surface area contributed by atoms with Crippen LogP contribution < -0.4 is 14.8 Å². The molecule has 38 heavy (non-hydrogen) atoms. The number of amides is 1. The third kappa shape index (κ3) is 5.96. The van der Waals surface area contributed by atoms with Gasteiger partial charge in [-0.3, -0.25) is 9.78 Å². The highest BCUT2D eigenvalue weighted by Gasteiger charge is 2.40.